The minimum Gasteiger partial charge on any atom is -0.469 e. The quantitative estimate of drug-likeness (QED) is 0.0360. The Morgan fingerprint density at radius 3 is 1.32 bits per heavy atom. The Balaban J connectivity index is 1.67. The molecule has 0 aliphatic carbocycles. The first kappa shape index (κ1) is 59.7. The number of carbonyl (C=O) groups excluding carboxylic acids is 6. The Bertz CT molecular complexity index is 2430. The Morgan fingerprint density at radius 2 is 0.917 bits per heavy atom. The van der Waals surface area contributed by atoms with Crippen LogP contribution < -0.4 is 4.90 Å². The Hall–Kier alpha value is -6.58. The van der Waals surface area contributed by atoms with E-state index in [1.54, 1.807) is 41.5 Å². The van der Waals surface area contributed by atoms with E-state index in [9.17, 15) is 39.3 Å². The van der Waals surface area contributed by atoms with E-state index in [0.29, 0.717) is 12.8 Å². The van der Waals surface area contributed by atoms with Gasteiger partial charge in [-0.15, -0.1) is 0 Å². The van der Waals surface area contributed by atoms with Crippen molar-refractivity contribution in [2.75, 3.05) is 52.2 Å². The third kappa shape index (κ3) is 18.9. The molecule has 0 aliphatic rings. The van der Waals surface area contributed by atoms with E-state index in [1.165, 1.54) is 14.2 Å². The van der Waals surface area contributed by atoms with Crippen LogP contribution in [0.15, 0.2) is 54.6 Å². The van der Waals surface area contributed by atoms with Crippen molar-refractivity contribution in [3.8, 4) is 12.1 Å². The number of nitriles is 2. The second kappa shape index (κ2) is 27.3. The molecule has 0 aliphatic heterocycles. The molecular formula is C57H75N3O12. The molecule has 15 heteroatoms. The number of esters is 5. The number of nitrogens with zero attached hydrogens (tertiary/aromatic N) is 3. The fourth-order valence-electron chi connectivity index (χ4n) is 8.64. The summed E-state index contributed by atoms with van der Waals surface area (Å²) >= 11 is 0. The van der Waals surface area contributed by atoms with Crippen molar-refractivity contribution in [2.24, 2.45) is 21.7 Å². The van der Waals surface area contributed by atoms with Crippen molar-refractivity contribution in [1.29, 1.82) is 10.5 Å². The highest BCUT2D eigenvalue weighted by Gasteiger charge is 2.40. The molecule has 0 bridgehead atoms. The van der Waals surface area contributed by atoms with E-state index in [2.05, 4.69) is 81.1 Å². The average Bonchev–Trinajstić information content (AvgIpc) is 3.34. The van der Waals surface area contributed by atoms with Crippen molar-refractivity contribution in [3.05, 3.63) is 88.0 Å². The van der Waals surface area contributed by atoms with Gasteiger partial charge in [0.25, 0.3) is 0 Å². The molecule has 3 aromatic carbocycles. The van der Waals surface area contributed by atoms with Crippen LogP contribution in [0.4, 0.5) is 17.1 Å². The van der Waals surface area contributed by atoms with Gasteiger partial charge in [-0.1, -0.05) is 18.2 Å². The van der Waals surface area contributed by atoms with Crippen LogP contribution in [0, 0.1) is 72.0 Å². The molecule has 390 valence electrons. The minimum atomic E-state index is -0.973. The summed E-state index contributed by atoms with van der Waals surface area (Å²) in [6.07, 6.45) is 1.56. The van der Waals surface area contributed by atoms with Crippen LogP contribution in [0.2, 0.25) is 0 Å². The molecule has 0 radical (unpaired) electrons. The van der Waals surface area contributed by atoms with E-state index in [1.807, 2.05) is 18.2 Å². The molecule has 15 nitrogen and oxygen atoms in total. The molecule has 2 unspecified atom stereocenters. The van der Waals surface area contributed by atoms with Crippen LogP contribution in [0.25, 0.3) is 0 Å². The first-order valence-corrected chi connectivity index (χ1v) is 24.4. The van der Waals surface area contributed by atoms with Gasteiger partial charge in [-0.2, -0.15) is 10.5 Å². The number of hydrogen-bond donors (Lipinski definition) is 0. The average molecular weight is 994 g/mol. The number of carbonyl (C=O) groups is 6. The van der Waals surface area contributed by atoms with E-state index >= 15 is 0 Å². The number of ether oxygens (including phenoxy) is 6. The number of benzene rings is 3. The SMILES string of the molecule is COC(=O)C(C)(C)CC(C)(C#N)CCC(=O)COCCOC(=O)CCc1cc(CCC(=O)OCCOC(=O)CCC(C)(C#N)CC(C)(C)C(=O)OC)cc(N(c2ccc(C)c(C)c2)c2ccc(C)c(C)c2)c1. The van der Waals surface area contributed by atoms with Crippen molar-refractivity contribution in [3.63, 3.8) is 0 Å². The highest BCUT2D eigenvalue weighted by Crippen LogP contribution is 2.40. The summed E-state index contributed by atoms with van der Waals surface area (Å²) in [5.74, 6) is -2.59. The first-order valence-electron chi connectivity index (χ1n) is 24.4. The van der Waals surface area contributed by atoms with Crippen LogP contribution >= 0.6 is 0 Å². The summed E-state index contributed by atoms with van der Waals surface area (Å²) in [5, 5.41) is 19.7. The molecule has 0 aromatic heterocycles. The number of aryl methyl sites for hydroxylation is 6. The summed E-state index contributed by atoms with van der Waals surface area (Å²) in [4.78, 5) is 77.9. The highest BCUT2D eigenvalue weighted by atomic mass is 16.6. The van der Waals surface area contributed by atoms with Crippen LogP contribution in [0.1, 0.15) is 126 Å². The van der Waals surface area contributed by atoms with Crippen LogP contribution in [0.3, 0.4) is 0 Å². The number of hydrogen-bond acceptors (Lipinski definition) is 15. The summed E-state index contributed by atoms with van der Waals surface area (Å²) < 4.78 is 31.4. The topological polar surface area (TPSA) is 209 Å². The van der Waals surface area contributed by atoms with Gasteiger partial charge in [0.1, 0.15) is 26.4 Å². The third-order valence-corrected chi connectivity index (χ3v) is 12.9. The minimum absolute atomic E-state index is 0.00161. The standard InChI is InChI=1S/C57H75N3O12/c1-39-13-17-45(29-41(39)3)60(46-18-14-40(2)42(4)30-46)47-32-43(15-19-49(62)70-26-25-69-34-48(61)21-23-56(9,37-58)35-54(5,6)52(65)67-11)31-44(33-47)16-20-50(63)71-27-28-72-51(64)22-24-57(10,38-59)36-55(7,8)53(66)68-12/h13-14,17-18,29-33H,15-16,19-28,34-36H2,1-12H3. The van der Waals surface area contributed by atoms with E-state index in [0.717, 1.165) is 50.4 Å². The third-order valence-electron chi connectivity index (χ3n) is 12.9. The maximum absolute atomic E-state index is 13.1. The summed E-state index contributed by atoms with van der Waals surface area (Å²) in [6.45, 7) is 17.8. The Labute approximate surface area is 426 Å². The second-order valence-electron chi connectivity index (χ2n) is 20.6. The summed E-state index contributed by atoms with van der Waals surface area (Å²) in [7, 11) is 2.59. The van der Waals surface area contributed by atoms with E-state index in [4.69, 9.17) is 28.4 Å². The fraction of sp³-hybridized carbons (Fsp3) is 0.544. The molecule has 72 heavy (non-hydrogen) atoms. The van der Waals surface area contributed by atoms with Gasteiger partial charge in [0.05, 0.1) is 54.6 Å². The molecule has 3 rings (SSSR count). The van der Waals surface area contributed by atoms with Crippen molar-refractivity contribution in [1.82, 2.24) is 0 Å². The zero-order chi connectivity index (χ0) is 53.9. The summed E-state index contributed by atoms with van der Waals surface area (Å²) in [6, 6.07) is 23.0. The maximum atomic E-state index is 13.1. The Kier molecular flexibility index (Phi) is 22.6. The zero-order valence-corrected chi connectivity index (χ0v) is 44.5. The normalized spacial score (nSPS) is 13.0. The van der Waals surface area contributed by atoms with Crippen LogP contribution in [-0.2, 0) is 70.0 Å². The summed E-state index contributed by atoms with van der Waals surface area (Å²) in [5.41, 5.74) is 5.15. The van der Waals surface area contributed by atoms with Gasteiger partial charge in [0, 0.05) is 42.7 Å². The van der Waals surface area contributed by atoms with Gasteiger partial charge in [0.2, 0.25) is 0 Å². The lowest BCUT2D eigenvalue weighted by Gasteiger charge is -2.30. The van der Waals surface area contributed by atoms with Crippen molar-refractivity contribution < 1.29 is 57.2 Å². The lowest BCUT2D eigenvalue weighted by Crippen LogP contribution is -2.32. The number of methoxy groups -OCH3 is 2. The maximum Gasteiger partial charge on any atom is 0.311 e. The number of anilines is 3. The second-order valence-corrected chi connectivity index (χ2v) is 20.6. The predicted molar refractivity (Wildman–Crippen MR) is 272 cm³/mol. The molecule has 0 spiro atoms. The van der Waals surface area contributed by atoms with Gasteiger partial charge >= 0.3 is 29.8 Å². The largest absolute Gasteiger partial charge is 0.469 e. The van der Waals surface area contributed by atoms with Crippen molar-refractivity contribution in [2.45, 2.75) is 133 Å². The lowest BCUT2D eigenvalue weighted by atomic mass is 9.72. The van der Waals surface area contributed by atoms with Crippen LogP contribution in [0.5, 0.6) is 0 Å². The molecular weight excluding hydrogens is 919 g/mol. The first-order chi connectivity index (χ1) is 33.8. The number of Topliss-reactive ketones (excluding diaryl/α,β-unsaturated/α-hetero) is 1. The predicted octanol–water partition coefficient (Wildman–Crippen LogP) is 10.3. The zero-order valence-electron chi connectivity index (χ0n) is 44.5. The van der Waals surface area contributed by atoms with Gasteiger partial charge in [-0.3, -0.25) is 28.8 Å². The lowest BCUT2D eigenvalue weighted by molar-refractivity contribution is -0.153. The van der Waals surface area contributed by atoms with E-state index < -0.39 is 51.5 Å². The molecule has 0 heterocycles. The smallest absolute Gasteiger partial charge is 0.311 e. The molecule has 0 saturated carbocycles. The molecule has 0 fully saturated rings. The van der Waals surface area contributed by atoms with Gasteiger partial charge in [-0.05, 0) is 178 Å². The molecule has 2 atom stereocenters. The van der Waals surface area contributed by atoms with E-state index in [-0.39, 0.29) is 90.2 Å². The van der Waals surface area contributed by atoms with Crippen LogP contribution in [-0.4, -0.2) is 82.9 Å². The highest BCUT2D eigenvalue weighted by molar-refractivity contribution is 5.81. The van der Waals surface area contributed by atoms with Crippen molar-refractivity contribution >= 4 is 52.7 Å². The monoisotopic (exact) mass is 994 g/mol. The number of ketones is 1. The molecule has 3 aromatic rings. The van der Waals surface area contributed by atoms with Gasteiger partial charge in [0.15, 0.2) is 5.78 Å². The van der Waals surface area contributed by atoms with Gasteiger partial charge < -0.3 is 33.3 Å². The molecule has 0 saturated heterocycles. The molecule has 0 N–H and O–H groups in total. The van der Waals surface area contributed by atoms with Gasteiger partial charge in [-0.25, -0.2) is 0 Å². The Morgan fingerprint density at radius 1 is 0.514 bits per heavy atom. The molecule has 0 amide bonds. The fourth-order valence-corrected chi connectivity index (χ4v) is 8.64. The number of rotatable bonds is 29.